The van der Waals surface area contributed by atoms with E-state index in [4.69, 9.17) is 10.5 Å². The molecule has 2 rings (SSSR count). The molecule has 0 saturated carbocycles. The third-order valence-electron chi connectivity index (χ3n) is 2.18. The average molecular weight is 249 g/mol. The number of rotatable bonds is 4. The molecule has 0 unspecified atom stereocenters. The smallest absolute Gasteiger partial charge is 0.208 e. The maximum atomic E-state index is 12.1. The maximum absolute atomic E-state index is 12.1. The molecular formula is C11H11N3O2S. The molecule has 0 spiro atoms. The Bertz CT molecular complexity index is 539. The highest BCUT2D eigenvalue weighted by molar-refractivity contribution is 7.12. The second-order valence-corrected chi connectivity index (χ2v) is 4.31. The summed E-state index contributed by atoms with van der Waals surface area (Å²) in [7, 11) is 1.61. The van der Waals surface area contributed by atoms with Crippen LogP contribution in [-0.4, -0.2) is 22.9 Å². The summed E-state index contributed by atoms with van der Waals surface area (Å²) in [6.07, 6.45) is 2.75. The molecule has 2 aromatic rings. The lowest BCUT2D eigenvalue weighted by molar-refractivity contribution is 0.104. The van der Waals surface area contributed by atoms with Crippen LogP contribution in [0.15, 0.2) is 24.0 Å². The van der Waals surface area contributed by atoms with Gasteiger partial charge in [0.2, 0.25) is 5.78 Å². The minimum absolute atomic E-state index is 0.157. The van der Waals surface area contributed by atoms with Gasteiger partial charge in [-0.2, -0.15) is 0 Å². The summed E-state index contributed by atoms with van der Waals surface area (Å²) in [5, 5.41) is 1.89. The predicted molar refractivity (Wildman–Crippen MR) is 64.9 cm³/mol. The number of nitrogen functional groups attached to an aromatic ring is 1. The Morgan fingerprint density at radius 2 is 2.41 bits per heavy atom. The standard InChI is InChI=1S/C11H11N3O2S/c1-16-4-7-2-9(17-5-7)10(15)8-3-13-6-14-11(8)12/h2-3,5-6H,4H2,1H3,(H2,12,13,14). The average Bonchev–Trinajstić information content (AvgIpc) is 2.78. The number of hydrogen-bond acceptors (Lipinski definition) is 6. The van der Waals surface area contributed by atoms with Crippen molar-refractivity contribution in [2.45, 2.75) is 6.61 Å². The van der Waals surface area contributed by atoms with Crippen LogP contribution in [0.1, 0.15) is 20.8 Å². The maximum Gasteiger partial charge on any atom is 0.208 e. The van der Waals surface area contributed by atoms with Gasteiger partial charge in [0.25, 0.3) is 0 Å². The van der Waals surface area contributed by atoms with Crippen LogP contribution in [0, 0.1) is 0 Å². The summed E-state index contributed by atoms with van der Waals surface area (Å²) in [6, 6.07) is 1.79. The summed E-state index contributed by atoms with van der Waals surface area (Å²) >= 11 is 1.36. The molecule has 17 heavy (non-hydrogen) atoms. The van der Waals surface area contributed by atoms with Gasteiger partial charge in [-0.15, -0.1) is 11.3 Å². The Morgan fingerprint density at radius 1 is 1.59 bits per heavy atom. The third-order valence-corrected chi connectivity index (χ3v) is 3.15. The largest absolute Gasteiger partial charge is 0.383 e. The fraction of sp³-hybridized carbons (Fsp3) is 0.182. The molecule has 0 saturated heterocycles. The number of aromatic nitrogens is 2. The molecule has 88 valence electrons. The first-order valence-corrected chi connectivity index (χ1v) is 5.77. The molecule has 6 heteroatoms. The lowest BCUT2D eigenvalue weighted by Gasteiger charge is -1.99. The molecule has 0 radical (unpaired) electrons. The monoisotopic (exact) mass is 249 g/mol. The molecule has 0 bridgehead atoms. The molecule has 0 atom stereocenters. The van der Waals surface area contributed by atoms with Gasteiger partial charge in [-0.3, -0.25) is 4.79 Å². The lowest BCUT2D eigenvalue weighted by atomic mass is 10.1. The number of thiophene rings is 1. The Labute approximate surface area is 102 Å². The van der Waals surface area contributed by atoms with Gasteiger partial charge < -0.3 is 10.5 Å². The van der Waals surface area contributed by atoms with Crippen LogP contribution < -0.4 is 5.73 Å². The van der Waals surface area contributed by atoms with Crippen molar-refractivity contribution in [2.75, 3.05) is 12.8 Å². The number of ketones is 1. The quantitative estimate of drug-likeness (QED) is 0.831. The first kappa shape index (κ1) is 11.7. The second kappa shape index (κ2) is 5.03. The zero-order valence-corrected chi connectivity index (χ0v) is 10.0. The Balaban J connectivity index is 2.28. The van der Waals surface area contributed by atoms with Crippen molar-refractivity contribution in [1.29, 1.82) is 0 Å². The summed E-state index contributed by atoms with van der Waals surface area (Å²) in [6.45, 7) is 0.491. The molecule has 0 aliphatic rings. The SMILES string of the molecule is COCc1csc(C(=O)c2cncnc2N)c1. The molecule has 2 heterocycles. The number of nitrogens with two attached hydrogens (primary N) is 1. The van der Waals surface area contributed by atoms with Crippen molar-refractivity contribution in [3.05, 3.63) is 40.0 Å². The fourth-order valence-corrected chi connectivity index (χ4v) is 2.23. The van der Waals surface area contributed by atoms with Crippen molar-refractivity contribution < 1.29 is 9.53 Å². The zero-order chi connectivity index (χ0) is 12.3. The van der Waals surface area contributed by atoms with E-state index >= 15 is 0 Å². The second-order valence-electron chi connectivity index (χ2n) is 3.40. The van der Waals surface area contributed by atoms with Gasteiger partial charge in [-0.1, -0.05) is 0 Å². The third kappa shape index (κ3) is 2.48. The van der Waals surface area contributed by atoms with E-state index in [2.05, 4.69) is 9.97 Å². The summed E-state index contributed by atoms with van der Waals surface area (Å²) in [5.74, 6) is 0.0437. The molecular weight excluding hydrogens is 238 g/mol. The van der Waals surface area contributed by atoms with E-state index in [9.17, 15) is 4.79 Å². The Morgan fingerprint density at radius 3 is 3.12 bits per heavy atom. The normalized spacial score (nSPS) is 10.4. The van der Waals surface area contributed by atoms with Crippen LogP contribution in [0.3, 0.4) is 0 Å². The van der Waals surface area contributed by atoms with Gasteiger partial charge in [-0.25, -0.2) is 9.97 Å². The van der Waals surface area contributed by atoms with Crippen molar-refractivity contribution in [3.8, 4) is 0 Å². The van der Waals surface area contributed by atoms with Crippen LogP contribution in [0.5, 0.6) is 0 Å². The molecule has 0 aliphatic carbocycles. The molecule has 0 aliphatic heterocycles. The number of nitrogens with zero attached hydrogens (tertiary/aromatic N) is 2. The van der Waals surface area contributed by atoms with E-state index in [1.807, 2.05) is 5.38 Å². The fourth-order valence-electron chi connectivity index (χ4n) is 1.38. The van der Waals surface area contributed by atoms with Crippen molar-refractivity contribution in [3.63, 3.8) is 0 Å². The van der Waals surface area contributed by atoms with Crippen molar-refractivity contribution >= 4 is 22.9 Å². The van der Waals surface area contributed by atoms with Gasteiger partial charge >= 0.3 is 0 Å². The van der Waals surface area contributed by atoms with Crippen molar-refractivity contribution in [2.24, 2.45) is 0 Å². The van der Waals surface area contributed by atoms with E-state index in [-0.39, 0.29) is 11.6 Å². The predicted octanol–water partition coefficient (Wildman–Crippen LogP) is 1.50. The highest BCUT2D eigenvalue weighted by atomic mass is 32.1. The highest BCUT2D eigenvalue weighted by Gasteiger charge is 2.15. The first-order chi connectivity index (χ1) is 8.22. The molecule has 5 nitrogen and oxygen atoms in total. The van der Waals surface area contributed by atoms with Gasteiger partial charge in [0.15, 0.2) is 0 Å². The number of methoxy groups -OCH3 is 1. The topological polar surface area (TPSA) is 78.1 Å². The van der Waals surface area contributed by atoms with Crippen molar-refractivity contribution in [1.82, 2.24) is 9.97 Å². The highest BCUT2D eigenvalue weighted by Crippen LogP contribution is 2.20. The Hall–Kier alpha value is -1.79. The van der Waals surface area contributed by atoms with Crippen LogP contribution in [0.2, 0.25) is 0 Å². The summed E-state index contributed by atoms with van der Waals surface area (Å²) in [4.78, 5) is 20.3. The molecule has 2 aromatic heterocycles. The molecule has 0 aromatic carbocycles. The zero-order valence-electron chi connectivity index (χ0n) is 9.21. The van der Waals surface area contributed by atoms with Gasteiger partial charge in [0.05, 0.1) is 17.0 Å². The lowest BCUT2D eigenvalue weighted by Crippen LogP contribution is -2.06. The van der Waals surface area contributed by atoms with Crippen LogP contribution in [0.25, 0.3) is 0 Å². The molecule has 0 fully saturated rings. The first-order valence-electron chi connectivity index (χ1n) is 4.89. The van der Waals surface area contributed by atoms with E-state index in [1.165, 1.54) is 23.9 Å². The number of hydrogen-bond donors (Lipinski definition) is 1. The van der Waals surface area contributed by atoms with Crippen LogP contribution >= 0.6 is 11.3 Å². The van der Waals surface area contributed by atoms with E-state index in [0.29, 0.717) is 17.0 Å². The minimum atomic E-state index is -0.157. The van der Waals surface area contributed by atoms with E-state index < -0.39 is 0 Å². The van der Waals surface area contributed by atoms with Crippen LogP contribution in [-0.2, 0) is 11.3 Å². The minimum Gasteiger partial charge on any atom is -0.383 e. The summed E-state index contributed by atoms with van der Waals surface area (Å²) in [5.41, 5.74) is 6.93. The number of carbonyl (C=O) groups excluding carboxylic acids is 1. The van der Waals surface area contributed by atoms with E-state index in [1.54, 1.807) is 13.2 Å². The van der Waals surface area contributed by atoms with Gasteiger partial charge in [0.1, 0.15) is 12.1 Å². The van der Waals surface area contributed by atoms with Gasteiger partial charge in [0, 0.05) is 13.3 Å². The Kier molecular flexibility index (Phi) is 3.46. The summed E-state index contributed by atoms with van der Waals surface area (Å²) < 4.78 is 5.00. The molecule has 0 amide bonds. The van der Waals surface area contributed by atoms with E-state index in [0.717, 1.165) is 5.56 Å². The number of ether oxygens (including phenoxy) is 1. The number of anilines is 1. The van der Waals surface area contributed by atoms with Crippen LogP contribution in [0.4, 0.5) is 5.82 Å². The molecule has 2 N–H and O–H groups in total. The number of carbonyl (C=O) groups is 1. The van der Waals surface area contributed by atoms with Gasteiger partial charge in [-0.05, 0) is 17.0 Å².